The zero-order valence-corrected chi connectivity index (χ0v) is 32.0. The smallest absolute Gasteiger partial charge is 0.341 e. The van der Waals surface area contributed by atoms with Crippen LogP contribution in [0.2, 0.25) is 5.02 Å². The van der Waals surface area contributed by atoms with Gasteiger partial charge in [0.1, 0.15) is 11.4 Å². The average molecular weight is 775 g/mol. The minimum atomic E-state index is -4.22. The molecule has 0 aliphatic carbocycles. The lowest BCUT2D eigenvalue weighted by molar-refractivity contribution is -0.102. The number of anilines is 2. The third-order valence-electron chi connectivity index (χ3n) is 11.1. The van der Waals surface area contributed by atoms with E-state index >= 15 is 4.39 Å². The van der Waals surface area contributed by atoms with Gasteiger partial charge in [0, 0.05) is 82.5 Å². The highest BCUT2D eigenvalue weighted by Gasteiger charge is 2.48. The second-order valence-electron chi connectivity index (χ2n) is 14.8. The van der Waals surface area contributed by atoms with E-state index in [2.05, 4.69) is 21.6 Å². The zero-order chi connectivity index (χ0) is 38.0. The van der Waals surface area contributed by atoms with Crippen molar-refractivity contribution < 1.29 is 36.3 Å². The van der Waals surface area contributed by atoms with Crippen LogP contribution in [0.4, 0.5) is 15.8 Å². The van der Waals surface area contributed by atoms with Crippen LogP contribution in [0, 0.1) is 18.2 Å². The molecule has 2 amide bonds. The van der Waals surface area contributed by atoms with Gasteiger partial charge in [-0.15, -0.1) is 0 Å². The maximum Gasteiger partial charge on any atom is 0.341 e. The van der Waals surface area contributed by atoms with E-state index in [4.69, 9.17) is 25.5 Å². The summed E-state index contributed by atoms with van der Waals surface area (Å²) < 4.78 is 61.9. The Bertz CT molecular complexity index is 2160. The molecule has 53 heavy (non-hydrogen) atoms. The third-order valence-corrected chi connectivity index (χ3v) is 12.9. The molecule has 7 rings (SSSR count). The predicted octanol–water partition coefficient (Wildman–Crippen LogP) is 2.62. The predicted molar refractivity (Wildman–Crippen MR) is 198 cm³/mol. The minimum absolute atomic E-state index is 0.139. The molecule has 3 aromatic rings. The molecule has 4 aliphatic heterocycles. The Labute approximate surface area is 312 Å². The van der Waals surface area contributed by atoms with Gasteiger partial charge >= 0.3 is 15.8 Å². The lowest BCUT2D eigenvalue weighted by Crippen LogP contribution is -2.53. The van der Waals surface area contributed by atoms with Crippen molar-refractivity contribution in [2.75, 3.05) is 97.1 Å². The van der Waals surface area contributed by atoms with E-state index < -0.39 is 33.5 Å². The fourth-order valence-corrected chi connectivity index (χ4v) is 9.50. The molecule has 1 unspecified atom stereocenters. The number of benzene rings is 2. The molecule has 5 heterocycles. The van der Waals surface area contributed by atoms with E-state index in [9.17, 15) is 22.8 Å². The van der Waals surface area contributed by atoms with Gasteiger partial charge in [-0.25, -0.2) is 13.9 Å². The summed E-state index contributed by atoms with van der Waals surface area (Å²) in [4.78, 5) is 48.1. The molecule has 1 spiro atoms. The minimum Gasteiger partial charge on any atom is -0.422 e. The number of nitrogens with zero attached hydrogens (tertiary/aromatic N) is 5. The van der Waals surface area contributed by atoms with Gasteiger partial charge in [-0.1, -0.05) is 11.6 Å². The van der Waals surface area contributed by atoms with Crippen LogP contribution >= 0.6 is 11.6 Å². The van der Waals surface area contributed by atoms with Crippen LogP contribution in [0.3, 0.4) is 0 Å². The first-order valence-corrected chi connectivity index (χ1v) is 19.4. The zero-order valence-electron chi connectivity index (χ0n) is 30.5. The second kappa shape index (κ2) is 14.1. The van der Waals surface area contributed by atoms with Gasteiger partial charge in [-0.2, -0.15) is 12.7 Å². The number of amides is 2. The number of methoxy groups -OCH3 is 1. The van der Waals surface area contributed by atoms with Crippen LogP contribution in [0.1, 0.15) is 43.8 Å². The van der Waals surface area contributed by atoms with E-state index in [1.54, 1.807) is 21.2 Å². The van der Waals surface area contributed by atoms with Crippen LogP contribution in [0.25, 0.3) is 11.0 Å². The summed E-state index contributed by atoms with van der Waals surface area (Å²) in [6.07, 6.45) is 0.896. The summed E-state index contributed by atoms with van der Waals surface area (Å²) >= 11 is 6.93. The normalized spacial score (nSPS) is 20.5. The molecule has 1 atom stereocenters. The van der Waals surface area contributed by atoms with Crippen LogP contribution in [-0.4, -0.2) is 128 Å². The van der Waals surface area contributed by atoms with Gasteiger partial charge < -0.3 is 28.6 Å². The molecule has 1 aromatic heterocycles. The lowest BCUT2D eigenvalue weighted by atomic mass is 9.86. The Morgan fingerprint density at radius 3 is 2.53 bits per heavy atom. The number of halogens is 2. The van der Waals surface area contributed by atoms with Crippen LogP contribution < -0.4 is 20.1 Å². The molecule has 4 aliphatic rings. The highest BCUT2D eigenvalue weighted by Crippen LogP contribution is 2.40. The number of nitrogens with one attached hydrogen (secondary N) is 1. The number of rotatable bonds is 8. The molecule has 0 bridgehead atoms. The maximum atomic E-state index is 15.8. The second-order valence-corrected chi connectivity index (χ2v) is 16.9. The van der Waals surface area contributed by atoms with Crippen LogP contribution in [-0.2, 0) is 32.6 Å². The van der Waals surface area contributed by atoms with Crippen molar-refractivity contribution in [2.45, 2.75) is 32.4 Å². The number of carbonyl (C=O) groups is 2. The van der Waals surface area contributed by atoms with Crippen molar-refractivity contribution in [3.63, 3.8) is 0 Å². The van der Waals surface area contributed by atoms with Crippen molar-refractivity contribution in [2.24, 2.45) is 5.41 Å². The number of piperazine rings is 1. The monoisotopic (exact) mass is 774 g/mol. The topological polar surface area (TPSA) is 145 Å². The Balaban J connectivity index is 1.13. The van der Waals surface area contributed by atoms with Gasteiger partial charge in [0.2, 0.25) is 0 Å². The number of aryl methyl sites for hydroxylation is 1. The van der Waals surface area contributed by atoms with E-state index in [0.29, 0.717) is 54.3 Å². The molecule has 2 aromatic carbocycles. The highest BCUT2D eigenvalue weighted by atomic mass is 35.5. The van der Waals surface area contributed by atoms with Crippen molar-refractivity contribution in [1.82, 2.24) is 18.8 Å². The molecule has 0 saturated carbocycles. The number of hydrogen-bond donors (Lipinski definition) is 1. The molecule has 14 nitrogen and oxygen atoms in total. The summed E-state index contributed by atoms with van der Waals surface area (Å²) in [6.45, 7) is 6.19. The number of likely N-dealkylation sites (N-methyl/N-ethyl adjacent to an activating group) is 1. The first-order valence-electron chi connectivity index (χ1n) is 17.5. The van der Waals surface area contributed by atoms with Crippen molar-refractivity contribution in [3.8, 4) is 0 Å². The standard InChI is InChI=1S/C36H44ClFN6O8S/c1-21-29(42-11-10-41(4)22(15-42)17-50-5)14-27(37)31-23-6-8-43(16-26(23)35(47)52-32(21)31)34(46)24-13-30(40(2)3)25(12-28(24)38)33(45)39-53(48,49)44-9-7-36(18-44)19-51-20-36/h12-14,22H,6-11,15-20H2,1-5H3,(H,39,45). The fraction of sp³-hybridized carbons (Fsp3) is 0.528. The first kappa shape index (κ1) is 37.5. The molecule has 0 radical (unpaired) electrons. The van der Waals surface area contributed by atoms with E-state index in [0.717, 1.165) is 30.4 Å². The summed E-state index contributed by atoms with van der Waals surface area (Å²) in [5, 5.41) is 1.05. The summed E-state index contributed by atoms with van der Waals surface area (Å²) in [5.41, 5.74) is 1.74. The fourth-order valence-electron chi connectivity index (χ4n) is 7.95. The number of hydrogen-bond acceptors (Lipinski definition) is 11. The largest absolute Gasteiger partial charge is 0.422 e. The van der Waals surface area contributed by atoms with Crippen LogP contribution in [0.5, 0.6) is 0 Å². The average Bonchev–Trinajstić information content (AvgIpc) is 3.58. The summed E-state index contributed by atoms with van der Waals surface area (Å²) in [7, 11) is 2.72. The van der Waals surface area contributed by atoms with E-state index in [-0.39, 0.29) is 66.4 Å². The van der Waals surface area contributed by atoms with Crippen molar-refractivity contribution in [3.05, 3.63) is 67.3 Å². The lowest BCUT2D eigenvalue weighted by Gasteiger charge is -2.41. The Morgan fingerprint density at radius 2 is 1.87 bits per heavy atom. The highest BCUT2D eigenvalue weighted by molar-refractivity contribution is 7.87. The summed E-state index contributed by atoms with van der Waals surface area (Å²) in [5.74, 6) is -2.72. The van der Waals surface area contributed by atoms with Gasteiger partial charge in [-0.05, 0) is 50.6 Å². The van der Waals surface area contributed by atoms with Gasteiger partial charge in [-0.3, -0.25) is 14.5 Å². The molecule has 286 valence electrons. The molecule has 3 fully saturated rings. The molecule has 1 N–H and O–H groups in total. The molecular formula is C36H44ClFN6O8S. The number of fused-ring (bicyclic) bond motifs is 3. The van der Waals surface area contributed by atoms with E-state index in [1.807, 2.05) is 13.0 Å². The molecule has 3 saturated heterocycles. The van der Waals surface area contributed by atoms with Crippen molar-refractivity contribution >= 4 is 56.0 Å². The van der Waals surface area contributed by atoms with Gasteiger partial charge in [0.05, 0.1) is 59.8 Å². The third kappa shape index (κ3) is 6.78. The van der Waals surface area contributed by atoms with Gasteiger partial charge in [0.25, 0.3) is 11.8 Å². The summed E-state index contributed by atoms with van der Waals surface area (Å²) in [6, 6.07) is 4.18. The van der Waals surface area contributed by atoms with Gasteiger partial charge in [0.15, 0.2) is 0 Å². The van der Waals surface area contributed by atoms with Crippen LogP contribution in [0.15, 0.2) is 27.4 Å². The Hall–Kier alpha value is -3.80. The van der Waals surface area contributed by atoms with E-state index in [1.165, 1.54) is 20.2 Å². The SMILES string of the molecule is COCC1CN(c2cc(Cl)c3c4c(c(=O)oc3c2C)CN(C(=O)c2cc(N(C)C)c(C(=O)NS(=O)(=O)N3CCC5(COC5)C3)cc2F)CC4)CCN1C. The first-order chi connectivity index (χ1) is 25.1. The van der Waals surface area contributed by atoms with Crippen molar-refractivity contribution in [1.29, 1.82) is 0 Å². The number of ether oxygens (including phenoxy) is 2. The Kier molecular flexibility index (Phi) is 10.00. The molecule has 17 heteroatoms. The maximum absolute atomic E-state index is 15.8. The molecular weight excluding hydrogens is 731 g/mol. The quantitative estimate of drug-likeness (QED) is 0.338. The number of carbonyl (C=O) groups excluding carboxylic acids is 2. The Morgan fingerprint density at radius 1 is 1.11 bits per heavy atom.